The van der Waals surface area contributed by atoms with Crippen LogP contribution >= 0.6 is 0 Å². The summed E-state index contributed by atoms with van der Waals surface area (Å²) in [4.78, 5) is 0. The lowest BCUT2D eigenvalue weighted by atomic mass is 10.1. The van der Waals surface area contributed by atoms with Crippen molar-refractivity contribution < 1.29 is 10.2 Å². The first kappa shape index (κ1) is 13.0. The molecule has 2 N–H and O–H groups in total. The van der Waals surface area contributed by atoms with Crippen LogP contribution in [0.3, 0.4) is 0 Å². The molecule has 0 saturated heterocycles. The first-order valence-corrected chi connectivity index (χ1v) is 5.34. The fourth-order valence-corrected chi connectivity index (χ4v) is 1.28. The van der Waals surface area contributed by atoms with Crippen LogP contribution in [0.1, 0.15) is 0 Å². The van der Waals surface area contributed by atoms with E-state index in [0.29, 0.717) is 5.75 Å². The Balaban J connectivity index is 0.000000317. The van der Waals surface area contributed by atoms with E-state index in [1.807, 2.05) is 42.5 Å². The van der Waals surface area contributed by atoms with Gasteiger partial charge in [-0.1, -0.05) is 48.5 Å². The molecule has 17 heavy (non-hydrogen) atoms. The minimum Gasteiger partial charge on any atom is -0.508 e. The van der Waals surface area contributed by atoms with E-state index in [1.54, 1.807) is 12.1 Å². The molecule has 0 aliphatic rings. The van der Waals surface area contributed by atoms with E-state index in [1.165, 1.54) is 11.6 Å². The molecule has 2 nitrogen and oxygen atoms in total. The zero-order valence-electron chi connectivity index (χ0n) is 9.58. The van der Waals surface area contributed by atoms with Crippen LogP contribution in [-0.2, 0) is 0 Å². The van der Waals surface area contributed by atoms with Crippen LogP contribution in [0.5, 0.6) is 5.75 Å². The quantitative estimate of drug-likeness (QED) is 0.775. The minimum atomic E-state index is 0.0833. The number of rotatable bonds is 2. The van der Waals surface area contributed by atoms with Gasteiger partial charge in [0, 0.05) is 0 Å². The van der Waals surface area contributed by atoms with Crippen LogP contribution in [0, 0.1) is 0 Å². The molecule has 0 saturated carbocycles. The Kier molecular flexibility index (Phi) is 5.55. The highest BCUT2D eigenvalue weighted by Gasteiger charge is 1.94. The smallest absolute Gasteiger partial charge is 0.115 e. The zero-order valence-corrected chi connectivity index (χ0v) is 9.58. The molecular formula is C15H16O2. The zero-order chi connectivity index (χ0) is 12.5. The van der Waals surface area contributed by atoms with Crippen molar-refractivity contribution in [3.63, 3.8) is 0 Å². The van der Waals surface area contributed by atoms with Gasteiger partial charge in [0.2, 0.25) is 0 Å². The first-order valence-electron chi connectivity index (χ1n) is 5.34. The number of phenolic OH excluding ortho intramolecular Hbond substituents is 1. The minimum absolute atomic E-state index is 0.0833. The van der Waals surface area contributed by atoms with E-state index in [9.17, 15) is 0 Å². The molecule has 0 bridgehead atoms. The Morgan fingerprint density at radius 2 is 1.35 bits per heavy atom. The lowest BCUT2D eigenvalue weighted by Gasteiger charge is -2.00. The summed E-state index contributed by atoms with van der Waals surface area (Å²) < 4.78 is 0. The molecule has 0 spiro atoms. The van der Waals surface area contributed by atoms with Crippen LogP contribution in [0.25, 0.3) is 11.1 Å². The second-order valence-corrected chi connectivity index (χ2v) is 3.38. The molecular weight excluding hydrogens is 212 g/mol. The summed E-state index contributed by atoms with van der Waals surface area (Å²) in [6.45, 7) is 3.31. The Morgan fingerprint density at radius 1 is 0.882 bits per heavy atom. The average Bonchev–Trinajstić information content (AvgIpc) is 2.41. The molecule has 2 aromatic rings. The SMILES string of the molecule is C=CCO.Oc1ccc(-c2ccccc2)cc1. The first-order chi connectivity index (χ1) is 8.27. The fourth-order valence-electron chi connectivity index (χ4n) is 1.28. The van der Waals surface area contributed by atoms with Crippen molar-refractivity contribution in [1.29, 1.82) is 0 Å². The third kappa shape index (κ3) is 4.53. The molecule has 0 aliphatic heterocycles. The highest BCUT2D eigenvalue weighted by atomic mass is 16.3. The van der Waals surface area contributed by atoms with Crippen LogP contribution < -0.4 is 0 Å². The highest BCUT2D eigenvalue weighted by molar-refractivity contribution is 5.63. The number of aliphatic hydroxyl groups is 1. The number of hydrogen-bond acceptors (Lipinski definition) is 2. The van der Waals surface area contributed by atoms with Crippen molar-refractivity contribution >= 4 is 0 Å². The maximum atomic E-state index is 9.10. The summed E-state index contributed by atoms with van der Waals surface area (Å²) in [5.41, 5.74) is 2.29. The topological polar surface area (TPSA) is 40.5 Å². The molecule has 2 aromatic carbocycles. The molecule has 0 heterocycles. The van der Waals surface area contributed by atoms with Gasteiger partial charge in [0.25, 0.3) is 0 Å². The van der Waals surface area contributed by atoms with Gasteiger partial charge in [-0.3, -0.25) is 0 Å². The second kappa shape index (κ2) is 7.25. The molecule has 0 amide bonds. The normalized spacial score (nSPS) is 9.00. The molecule has 0 radical (unpaired) electrons. The average molecular weight is 228 g/mol. The van der Waals surface area contributed by atoms with E-state index in [0.717, 1.165) is 5.56 Å². The summed E-state index contributed by atoms with van der Waals surface area (Å²) in [6, 6.07) is 17.3. The lowest BCUT2D eigenvalue weighted by molar-refractivity contribution is 0.343. The van der Waals surface area contributed by atoms with Crippen molar-refractivity contribution in [1.82, 2.24) is 0 Å². The monoisotopic (exact) mass is 228 g/mol. The molecule has 0 atom stereocenters. The Bertz CT molecular complexity index is 432. The predicted octanol–water partition coefficient (Wildman–Crippen LogP) is 3.22. The van der Waals surface area contributed by atoms with Gasteiger partial charge in [0.05, 0.1) is 6.61 Å². The number of aliphatic hydroxyl groups excluding tert-OH is 1. The van der Waals surface area contributed by atoms with Gasteiger partial charge in [0.1, 0.15) is 5.75 Å². The van der Waals surface area contributed by atoms with E-state index in [4.69, 9.17) is 10.2 Å². The van der Waals surface area contributed by atoms with Crippen molar-refractivity contribution in [2.75, 3.05) is 6.61 Å². The fraction of sp³-hybridized carbons (Fsp3) is 0.0667. The van der Waals surface area contributed by atoms with E-state index in [-0.39, 0.29) is 6.61 Å². The van der Waals surface area contributed by atoms with Crippen LogP contribution in [0.4, 0.5) is 0 Å². The van der Waals surface area contributed by atoms with Gasteiger partial charge in [-0.05, 0) is 23.3 Å². The summed E-state index contributed by atoms with van der Waals surface area (Å²) in [7, 11) is 0. The largest absolute Gasteiger partial charge is 0.508 e. The van der Waals surface area contributed by atoms with Crippen LogP contribution in [0.2, 0.25) is 0 Å². The number of benzene rings is 2. The molecule has 0 aliphatic carbocycles. The highest BCUT2D eigenvalue weighted by Crippen LogP contribution is 2.20. The maximum absolute atomic E-state index is 9.10. The van der Waals surface area contributed by atoms with Crippen molar-refractivity contribution in [2.24, 2.45) is 0 Å². The Labute approximate surface area is 101 Å². The van der Waals surface area contributed by atoms with Crippen LogP contribution in [0.15, 0.2) is 67.3 Å². The third-order valence-electron chi connectivity index (χ3n) is 2.10. The molecule has 0 fully saturated rings. The predicted molar refractivity (Wildman–Crippen MR) is 70.8 cm³/mol. The molecule has 0 unspecified atom stereocenters. The maximum Gasteiger partial charge on any atom is 0.115 e. The van der Waals surface area contributed by atoms with Gasteiger partial charge in [-0.15, -0.1) is 6.58 Å². The van der Waals surface area contributed by atoms with E-state index < -0.39 is 0 Å². The molecule has 0 aromatic heterocycles. The van der Waals surface area contributed by atoms with Gasteiger partial charge < -0.3 is 10.2 Å². The van der Waals surface area contributed by atoms with E-state index in [2.05, 4.69) is 6.58 Å². The summed E-state index contributed by atoms with van der Waals surface area (Å²) in [5, 5.41) is 16.9. The van der Waals surface area contributed by atoms with Gasteiger partial charge in [0.15, 0.2) is 0 Å². The Hall–Kier alpha value is -2.06. The van der Waals surface area contributed by atoms with Crippen molar-refractivity contribution in [3.8, 4) is 16.9 Å². The van der Waals surface area contributed by atoms with Gasteiger partial charge in [-0.2, -0.15) is 0 Å². The lowest BCUT2D eigenvalue weighted by Crippen LogP contribution is -1.74. The third-order valence-corrected chi connectivity index (χ3v) is 2.10. The van der Waals surface area contributed by atoms with Crippen LogP contribution in [-0.4, -0.2) is 16.8 Å². The van der Waals surface area contributed by atoms with Crippen molar-refractivity contribution in [3.05, 3.63) is 67.3 Å². The number of phenols is 1. The summed E-state index contributed by atoms with van der Waals surface area (Å²) >= 11 is 0. The Morgan fingerprint density at radius 3 is 1.82 bits per heavy atom. The second-order valence-electron chi connectivity index (χ2n) is 3.38. The molecule has 2 rings (SSSR count). The standard InChI is InChI=1S/C12H10O.C3H6O/c13-12-8-6-11(7-9-12)10-4-2-1-3-5-10;1-2-3-4/h1-9,13H;2,4H,1,3H2. The van der Waals surface area contributed by atoms with Gasteiger partial charge in [-0.25, -0.2) is 0 Å². The molecule has 88 valence electrons. The number of hydrogen-bond donors (Lipinski definition) is 2. The summed E-state index contributed by atoms with van der Waals surface area (Å²) in [6.07, 6.45) is 1.43. The van der Waals surface area contributed by atoms with Gasteiger partial charge >= 0.3 is 0 Å². The van der Waals surface area contributed by atoms with Crippen molar-refractivity contribution in [2.45, 2.75) is 0 Å². The number of aromatic hydroxyl groups is 1. The summed E-state index contributed by atoms with van der Waals surface area (Å²) in [5.74, 6) is 0.305. The molecule has 2 heteroatoms. The van der Waals surface area contributed by atoms with E-state index >= 15 is 0 Å².